The summed E-state index contributed by atoms with van der Waals surface area (Å²) in [5.41, 5.74) is 1.07. The number of fused-ring (bicyclic) bond motifs is 2. The molecular weight excluding hydrogens is 152 g/mol. The summed E-state index contributed by atoms with van der Waals surface area (Å²) in [5.74, 6) is 1.53. The molecule has 0 radical (unpaired) electrons. The molecule has 0 N–H and O–H groups in total. The molecule has 0 fully saturated rings. The molecule has 0 atom stereocenters. The zero-order valence-electron chi connectivity index (χ0n) is 6.31. The second kappa shape index (κ2) is 1.91. The molecule has 58 valence electrons. The smallest absolute Gasteiger partial charge is 0.231 e. The Morgan fingerprint density at radius 3 is 3.42 bits per heavy atom. The monoisotopic (exact) mass is 158 g/mol. The lowest BCUT2D eigenvalue weighted by Gasteiger charge is -2.03. The number of nitrogens with zero attached hydrogens (tertiary/aromatic N) is 4. The lowest BCUT2D eigenvalue weighted by atomic mass is 10.3. The summed E-state index contributed by atoms with van der Waals surface area (Å²) in [7, 11) is 0. The van der Waals surface area contributed by atoms with E-state index in [2.05, 4.69) is 15.0 Å². The molecule has 0 aromatic heterocycles. The van der Waals surface area contributed by atoms with Crippen molar-refractivity contribution in [1.82, 2.24) is 14.5 Å². The van der Waals surface area contributed by atoms with Crippen molar-refractivity contribution in [2.24, 2.45) is 4.99 Å². The highest BCUT2D eigenvalue weighted by Crippen LogP contribution is 2.23. The van der Waals surface area contributed by atoms with E-state index in [1.807, 2.05) is 23.0 Å². The molecule has 0 unspecified atom stereocenters. The second-order valence-electron chi connectivity index (χ2n) is 2.73. The van der Waals surface area contributed by atoms with Gasteiger partial charge in [0.1, 0.15) is 0 Å². The minimum atomic E-state index is 0.751. The van der Waals surface area contributed by atoms with E-state index in [4.69, 9.17) is 0 Å². The molecule has 0 aromatic rings. The van der Waals surface area contributed by atoms with Crippen LogP contribution >= 0.6 is 0 Å². The highest BCUT2D eigenvalue weighted by Gasteiger charge is 2.11. The van der Waals surface area contributed by atoms with Crippen molar-refractivity contribution in [3.05, 3.63) is 18.5 Å². The van der Waals surface area contributed by atoms with Crippen LogP contribution in [0.15, 0.2) is 23.5 Å². The third-order valence-electron chi connectivity index (χ3n) is 1.95. The highest BCUT2D eigenvalue weighted by atomic mass is 15.2. The van der Waals surface area contributed by atoms with Gasteiger partial charge in [0.25, 0.3) is 0 Å². The topological polar surface area (TPSA) is 43.1 Å². The lowest BCUT2D eigenvalue weighted by Crippen LogP contribution is -1.97. The van der Waals surface area contributed by atoms with Gasteiger partial charge in [0, 0.05) is 24.2 Å². The first-order chi connectivity index (χ1) is 5.93. The van der Waals surface area contributed by atoms with Crippen molar-refractivity contribution in [2.75, 3.05) is 0 Å². The number of aliphatic imine (C=N–C) groups is 1. The van der Waals surface area contributed by atoms with Crippen LogP contribution in [0.5, 0.6) is 0 Å². The molecule has 3 heterocycles. The number of hydrogen-bond donors (Lipinski definition) is 0. The first kappa shape index (κ1) is 5.88. The van der Waals surface area contributed by atoms with E-state index in [1.165, 1.54) is 0 Å². The Labute approximate surface area is 68.9 Å². The maximum absolute atomic E-state index is 4.27. The molecule has 3 aliphatic rings. The van der Waals surface area contributed by atoms with Crippen molar-refractivity contribution < 1.29 is 0 Å². The SMILES string of the molecule is C1=Nc2nc3nccc-3cn2C1. The van der Waals surface area contributed by atoms with E-state index in [-0.39, 0.29) is 0 Å². The highest BCUT2D eigenvalue weighted by molar-refractivity contribution is 5.68. The van der Waals surface area contributed by atoms with Crippen LogP contribution in [0.2, 0.25) is 0 Å². The van der Waals surface area contributed by atoms with Crippen LogP contribution in [0.25, 0.3) is 11.4 Å². The molecule has 0 saturated carbocycles. The Hall–Kier alpha value is -1.71. The summed E-state index contributed by atoms with van der Waals surface area (Å²) in [6.45, 7) is 0.823. The second-order valence-corrected chi connectivity index (χ2v) is 2.73. The molecule has 4 nitrogen and oxygen atoms in total. The molecule has 0 spiro atoms. The fourth-order valence-corrected chi connectivity index (χ4v) is 1.36. The standard InChI is InChI=1S/C8H6N4/c1-2-9-7-6(1)5-12-4-3-10-8(12)11-7/h1-3,5H,4H2. The maximum Gasteiger partial charge on any atom is 0.231 e. The molecule has 4 heteroatoms. The van der Waals surface area contributed by atoms with E-state index in [1.54, 1.807) is 6.20 Å². The molecule has 0 aliphatic carbocycles. The first-order valence-corrected chi connectivity index (χ1v) is 3.78. The van der Waals surface area contributed by atoms with Gasteiger partial charge in [-0.05, 0) is 6.07 Å². The average Bonchev–Trinajstić information content (AvgIpc) is 2.64. The molecule has 0 bridgehead atoms. The number of rotatable bonds is 0. The van der Waals surface area contributed by atoms with Gasteiger partial charge in [-0.3, -0.25) is 0 Å². The van der Waals surface area contributed by atoms with Crippen molar-refractivity contribution in [3.8, 4) is 11.4 Å². The minimum absolute atomic E-state index is 0.751. The third-order valence-corrected chi connectivity index (χ3v) is 1.95. The molecule has 0 saturated heterocycles. The van der Waals surface area contributed by atoms with Crippen LogP contribution in [-0.4, -0.2) is 20.7 Å². The van der Waals surface area contributed by atoms with Crippen LogP contribution < -0.4 is 0 Å². The number of aromatic nitrogens is 3. The van der Waals surface area contributed by atoms with Crippen molar-refractivity contribution in [3.63, 3.8) is 0 Å². The van der Waals surface area contributed by atoms with Crippen molar-refractivity contribution in [1.29, 1.82) is 0 Å². The fourth-order valence-electron chi connectivity index (χ4n) is 1.36. The van der Waals surface area contributed by atoms with E-state index in [9.17, 15) is 0 Å². The Kier molecular flexibility index (Phi) is 0.935. The van der Waals surface area contributed by atoms with Crippen molar-refractivity contribution >= 4 is 12.2 Å². The molecule has 0 amide bonds. The van der Waals surface area contributed by atoms with Gasteiger partial charge in [-0.25, -0.2) is 9.98 Å². The van der Waals surface area contributed by atoms with E-state index in [0.29, 0.717) is 0 Å². The van der Waals surface area contributed by atoms with Crippen LogP contribution in [0.1, 0.15) is 0 Å². The van der Waals surface area contributed by atoms with Gasteiger partial charge in [0.15, 0.2) is 5.82 Å². The van der Waals surface area contributed by atoms with Gasteiger partial charge >= 0.3 is 0 Å². The quantitative estimate of drug-likeness (QED) is 0.576. The number of hydrogen-bond acceptors (Lipinski definition) is 3. The molecular formula is C8H6N4. The molecule has 3 aliphatic heterocycles. The summed E-state index contributed by atoms with van der Waals surface area (Å²) in [6, 6.07) is 1.95. The predicted molar refractivity (Wildman–Crippen MR) is 44.8 cm³/mol. The summed E-state index contributed by atoms with van der Waals surface area (Å²) in [4.78, 5) is 12.5. The minimum Gasteiger partial charge on any atom is -0.311 e. The molecule has 12 heavy (non-hydrogen) atoms. The molecule has 0 aromatic carbocycles. The van der Waals surface area contributed by atoms with Gasteiger partial charge in [0.2, 0.25) is 5.95 Å². The first-order valence-electron chi connectivity index (χ1n) is 3.78. The maximum atomic E-state index is 4.27. The fraction of sp³-hybridized carbons (Fsp3) is 0.125. The summed E-state index contributed by atoms with van der Waals surface area (Å²) in [5, 5.41) is 0. The summed E-state index contributed by atoms with van der Waals surface area (Å²) < 4.78 is 2.00. The van der Waals surface area contributed by atoms with E-state index < -0.39 is 0 Å². The van der Waals surface area contributed by atoms with Crippen LogP contribution in [0, 0.1) is 0 Å². The zero-order chi connectivity index (χ0) is 7.97. The molecule has 3 rings (SSSR count). The summed E-state index contributed by atoms with van der Waals surface area (Å²) >= 11 is 0. The summed E-state index contributed by atoms with van der Waals surface area (Å²) in [6.07, 6.45) is 5.63. The van der Waals surface area contributed by atoms with Crippen LogP contribution in [0.3, 0.4) is 0 Å². The van der Waals surface area contributed by atoms with Crippen LogP contribution in [-0.2, 0) is 6.54 Å². The van der Waals surface area contributed by atoms with Gasteiger partial charge < -0.3 is 4.57 Å². The van der Waals surface area contributed by atoms with Gasteiger partial charge in [-0.2, -0.15) is 4.98 Å². The lowest BCUT2D eigenvalue weighted by molar-refractivity contribution is 0.858. The largest absolute Gasteiger partial charge is 0.311 e. The predicted octanol–water partition coefficient (Wildman–Crippen LogP) is 1.10. The Morgan fingerprint density at radius 2 is 2.42 bits per heavy atom. The van der Waals surface area contributed by atoms with Gasteiger partial charge in [-0.15, -0.1) is 0 Å². The Balaban J connectivity index is 2.38. The third kappa shape index (κ3) is 0.637. The van der Waals surface area contributed by atoms with Crippen LogP contribution in [0.4, 0.5) is 5.95 Å². The van der Waals surface area contributed by atoms with Crippen molar-refractivity contribution in [2.45, 2.75) is 6.54 Å². The van der Waals surface area contributed by atoms with Gasteiger partial charge in [-0.1, -0.05) is 0 Å². The van der Waals surface area contributed by atoms with E-state index in [0.717, 1.165) is 23.9 Å². The zero-order valence-corrected chi connectivity index (χ0v) is 6.31. The Bertz CT molecular complexity index is 429. The normalized spacial score (nSPS) is 14.0. The van der Waals surface area contributed by atoms with Gasteiger partial charge in [0.05, 0.1) is 6.54 Å². The average molecular weight is 158 g/mol. The van der Waals surface area contributed by atoms with E-state index >= 15 is 0 Å². The Morgan fingerprint density at radius 1 is 1.42 bits per heavy atom.